The average Bonchev–Trinajstić information content (AvgIpc) is 3.15. The van der Waals surface area contributed by atoms with E-state index in [4.69, 9.17) is 9.47 Å². The van der Waals surface area contributed by atoms with Gasteiger partial charge in [0.15, 0.2) is 11.5 Å². The normalized spacial score (nSPS) is 22.2. The zero-order valence-electron chi connectivity index (χ0n) is 15.2. The van der Waals surface area contributed by atoms with Crippen LogP contribution in [0.15, 0.2) is 36.4 Å². The molecule has 0 aliphatic carbocycles. The maximum Gasteiger partial charge on any atom is 0.161 e. The summed E-state index contributed by atoms with van der Waals surface area (Å²) in [6.07, 6.45) is 3.62. The average molecular weight is 350 g/mol. The van der Waals surface area contributed by atoms with Crippen LogP contribution in [0.5, 0.6) is 11.5 Å². The lowest BCUT2D eigenvalue weighted by molar-refractivity contribution is 0.170. The first-order valence-electron chi connectivity index (χ1n) is 9.82. The van der Waals surface area contributed by atoms with Crippen LogP contribution in [0.25, 0.3) is 0 Å². The van der Waals surface area contributed by atoms with E-state index in [2.05, 4.69) is 46.6 Å². The van der Waals surface area contributed by atoms with Crippen molar-refractivity contribution >= 4 is 0 Å². The van der Waals surface area contributed by atoms with E-state index in [0.717, 1.165) is 44.1 Å². The van der Waals surface area contributed by atoms with E-state index in [1.807, 2.05) is 0 Å². The summed E-state index contributed by atoms with van der Waals surface area (Å²) < 4.78 is 11.5. The van der Waals surface area contributed by atoms with Crippen molar-refractivity contribution in [3.05, 3.63) is 58.7 Å². The van der Waals surface area contributed by atoms with Crippen LogP contribution in [0.4, 0.5) is 0 Å². The molecule has 2 aromatic carbocycles. The molecule has 1 saturated heterocycles. The third-order valence-electron chi connectivity index (χ3n) is 5.86. The molecule has 0 unspecified atom stereocenters. The summed E-state index contributed by atoms with van der Waals surface area (Å²) in [6.45, 7) is 5.60. The highest BCUT2D eigenvalue weighted by molar-refractivity contribution is 5.45. The topological polar surface area (TPSA) is 33.7 Å². The molecular formula is C22H26N2O2. The molecular weight excluding hydrogens is 324 g/mol. The van der Waals surface area contributed by atoms with Crippen LogP contribution in [0.2, 0.25) is 0 Å². The van der Waals surface area contributed by atoms with E-state index >= 15 is 0 Å². The van der Waals surface area contributed by atoms with E-state index in [1.165, 1.54) is 35.1 Å². The standard InChI is InChI=1S/C22H26N2O2/c1-2-20(18-5-6-21-22(13-18)26-11-10-25-21)24(9-1)15-16-3-4-19-14-23-8-7-17(19)12-16/h3-6,12-13,20,23H,1-2,7-11,14-15H2/t20-/m0/s1. The monoisotopic (exact) mass is 350 g/mol. The molecule has 0 radical (unpaired) electrons. The third kappa shape index (κ3) is 3.08. The molecule has 0 spiro atoms. The smallest absolute Gasteiger partial charge is 0.161 e. The number of fused-ring (bicyclic) bond motifs is 2. The number of nitrogens with zero attached hydrogens (tertiary/aromatic N) is 1. The highest BCUT2D eigenvalue weighted by Gasteiger charge is 2.27. The summed E-state index contributed by atoms with van der Waals surface area (Å²) in [6, 6.07) is 14.0. The van der Waals surface area contributed by atoms with Crippen LogP contribution in [0.1, 0.15) is 41.1 Å². The minimum atomic E-state index is 0.475. The van der Waals surface area contributed by atoms with Crippen LogP contribution in [0, 0.1) is 0 Å². The van der Waals surface area contributed by atoms with Gasteiger partial charge in [-0.1, -0.05) is 24.3 Å². The molecule has 136 valence electrons. The largest absolute Gasteiger partial charge is 0.486 e. The summed E-state index contributed by atoms with van der Waals surface area (Å²) in [7, 11) is 0. The van der Waals surface area contributed by atoms with Crippen LogP contribution < -0.4 is 14.8 Å². The highest BCUT2D eigenvalue weighted by Crippen LogP contribution is 2.38. The lowest BCUT2D eigenvalue weighted by atomic mass is 9.98. The summed E-state index contributed by atoms with van der Waals surface area (Å²) in [5.74, 6) is 1.79. The molecule has 3 aliphatic rings. The van der Waals surface area contributed by atoms with Crippen molar-refractivity contribution in [1.82, 2.24) is 10.2 Å². The lowest BCUT2D eigenvalue weighted by Crippen LogP contribution is -2.25. The molecule has 4 heteroatoms. The van der Waals surface area contributed by atoms with Crippen molar-refractivity contribution < 1.29 is 9.47 Å². The molecule has 0 saturated carbocycles. The summed E-state index contributed by atoms with van der Waals surface area (Å²) in [5.41, 5.74) is 5.78. The van der Waals surface area contributed by atoms with Gasteiger partial charge in [0, 0.05) is 19.1 Å². The molecule has 5 rings (SSSR count). The minimum absolute atomic E-state index is 0.475. The Kier molecular flexibility index (Phi) is 4.31. The van der Waals surface area contributed by atoms with Gasteiger partial charge in [0.2, 0.25) is 0 Å². The van der Waals surface area contributed by atoms with Gasteiger partial charge in [0.1, 0.15) is 13.2 Å². The van der Waals surface area contributed by atoms with E-state index in [-0.39, 0.29) is 0 Å². The fourth-order valence-electron chi connectivity index (χ4n) is 4.52. The molecule has 1 N–H and O–H groups in total. The predicted molar refractivity (Wildman–Crippen MR) is 102 cm³/mol. The zero-order chi connectivity index (χ0) is 17.3. The van der Waals surface area contributed by atoms with E-state index in [9.17, 15) is 0 Å². The van der Waals surface area contributed by atoms with E-state index < -0.39 is 0 Å². The summed E-state index contributed by atoms with van der Waals surface area (Å²) >= 11 is 0. The Hall–Kier alpha value is -2.04. The highest BCUT2D eigenvalue weighted by atomic mass is 16.6. The molecule has 0 aromatic heterocycles. The third-order valence-corrected chi connectivity index (χ3v) is 5.86. The molecule has 4 nitrogen and oxygen atoms in total. The van der Waals surface area contributed by atoms with Gasteiger partial charge in [-0.25, -0.2) is 0 Å². The summed E-state index contributed by atoms with van der Waals surface area (Å²) in [4.78, 5) is 2.62. The second-order valence-corrected chi connectivity index (χ2v) is 7.56. The van der Waals surface area contributed by atoms with Crippen molar-refractivity contribution in [2.24, 2.45) is 0 Å². The van der Waals surface area contributed by atoms with Crippen LogP contribution in [0.3, 0.4) is 0 Å². The van der Waals surface area contributed by atoms with Gasteiger partial charge in [0.25, 0.3) is 0 Å². The van der Waals surface area contributed by atoms with Gasteiger partial charge in [-0.2, -0.15) is 0 Å². The van der Waals surface area contributed by atoms with Crippen LogP contribution >= 0.6 is 0 Å². The minimum Gasteiger partial charge on any atom is -0.486 e. The molecule has 0 bridgehead atoms. The van der Waals surface area contributed by atoms with Crippen molar-refractivity contribution in [3.63, 3.8) is 0 Å². The first-order valence-corrected chi connectivity index (χ1v) is 9.82. The molecule has 3 aliphatic heterocycles. The summed E-state index contributed by atoms with van der Waals surface area (Å²) in [5, 5.41) is 3.45. The Labute approximate surface area is 155 Å². The Morgan fingerprint density at radius 3 is 2.88 bits per heavy atom. The quantitative estimate of drug-likeness (QED) is 0.919. The number of ether oxygens (including phenoxy) is 2. The number of hydrogen-bond acceptors (Lipinski definition) is 4. The van der Waals surface area contributed by atoms with Gasteiger partial charge in [-0.05, 0) is 66.7 Å². The molecule has 0 amide bonds. The molecule has 1 atom stereocenters. The van der Waals surface area contributed by atoms with Crippen molar-refractivity contribution in [1.29, 1.82) is 0 Å². The molecule has 3 heterocycles. The van der Waals surface area contributed by atoms with Gasteiger partial charge in [-0.3, -0.25) is 4.90 Å². The number of rotatable bonds is 3. The molecule has 1 fully saturated rings. The van der Waals surface area contributed by atoms with Gasteiger partial charge < -0.3 is 14.8 Å². The molecule has 26 heavy (non-hydrogen) atoms. The maximum absolute atomic E-state index is 5.79. The van der Waals surface area contributed by atoms with Crippen molar-refractivity contribution in [2.75, 3.05) is 26.3 Å². The maximum atomic E-state index is 5.79. The van der Waals surface area contributed by atoms with Gasteiger partial charge in [-0.15, -0.1) is 0 Å². The van der Waals surface area contributed by atoms with Crippen molar-refractivity contribution in [3.8, 4) is 11.5 Å². The second kappa shape index (κ2) is 6.93. The number of hydrogen-bond donors (Lipinski definition) is 1. The van der Waals surface area contributed by atoms with E-state index in [1.54, 1.807) is 0 Å². The fraction of sp³-hybridized carbons (Fsp3) is 0.455. The van der Waals surface area contributed by atoms with E-state index in [0.29, 0.717) is 19.3 Å². The SMILES string of the molecule is c1cc2c(cc1CN1CCC[C@H]1c1ccc3c(c1)OCCO3)CCNC2. The second-order valence-electron chi connectivity index (χ2n) is 7.56. The Balaban J connectivity index is 1.36. The Bertz CT molecular complexity index is 805. The van der Waals surface area contributed by atoms with Crippen LogP contribution in [-0.4, -0.2) is 31.2 Å². The number of nitrogens with one attached hydrogen (secondary N) is 1. The van der Waals surface area contributed by atoms with Gasteiger partial charge >= 0.3 is 0 Å². The van der Waals surface area contributed by atoms with Gasteiger partial charge in [0.05, 0.1) is 0 Å². The molecule has 2 aromatic rings. The number of likely N-dealkylation sites (tertiary alicyclic amines) is 1. The number of benzene rings is 2. The first-order chi connectivity index (χ1) is 12.9. The fourth-order valence-corrected chi connectivity index (χ4v) is 4.52. The van der Waals surface area contributed by atoms with Crippen molar-refractivity contribution in [2.45, 2.75) is 38.4 Å². The zero-order valence-corrected chi connectivity index (χ0v) is 15.2. The Morgan fingerprint density at radius 2 is 1.92 bits per heavy atom. The lowest BCUT2D eigenvalue weighted by Gasteiger charge is -2.27. The Morgan fingerprint density at radius 1 is 1.00 bits per heavy atom. The predicted octanol–water partition coefficient (Wildman–Crippen LogP) is 3.44. The first kappa shape index (κ1) is 16.2. The van der Waals surface area contributed by atoms with Crippen LogP contribution in [-0.2, 0) is 19.5 Å².